The van der Waals surface area contributed by atoms with Crippen molar-refractivity contribution in [1.82, 2.24) is 16.0 Å². The molecule has 2 amide bonds. The monoisotopic (exact) mass is 595 g/mol. The maximum absolute atomic E-state index is 13.8. The van der Waals surface area contributed by atoms with Gasteiger partial charge in [0.05, 0.1) is 22.3 Å². The highest BCUT2D eigenvalue weighted by Gasteiger charge is 2.41. The first-order chi connectivity index (χ1) is 19.1. The maximum atomic E-state index is 13.8. The molecule has 234 valence electrons. The van der Waals surface area contributed by atoms with Crippen molar-refractivity contribution < 1.29 is 40.7 Å². The fourth-order valence-electron chi connectivity index (χ4n) is 4.65. The van der Waals surface area contributed by atoms with Gasteiger partial charge in [-0.2, -0.15) is 26.3 Å². The molecule has 1 fully saturated rings. The highest BCUT2D eigenvalue weighted by molar-refractivity contribution is 5.99. The van der Waals surface area contributed by atoms with E-state index in [0.717, 1.165) is 18.9 Å². The van der Waals surface area contributed by atoms with Gasteiger partial charge < -0.3 is 20.7 Å². The molecule has 0 saturated heterocycles. The van der Waals surface area contributed by atoms with Gasteiger partial charge in [-0.25, -0.2) is 0 Å². The predicted octanol–water partition coefficient (Wildman–Crippen LogP) is 6.73. The van der Waals surface area contributed by atoms with E-state index >= 15 is 0 Å². The second-order valence-corrected chi connectivity index (χ2v) is 10.6. The maximum Gasteiger partial charge on any atom is 0.417 e. The van der Waals surface area contributed by atoms with Crippen LogP contribution in [0.25, 0.3) is 6.08 Å². The smallest absolute Gasteiger partial charge is 0.376 e. The molecule has 3 N–H and O–H groups in total. The largest absolute Gasteiger partial charge is 0.417 e. The Hall–Kier alpha value is -2.60. The van der Waals surface area contributed by atoms with E-state index in [1.165, 1.54) is 0 Å². The van der Waals surface area contributed by atoms with Crippen LogP contribution in [0.3, 0.4) is 0 Å². The molecule has 3 atom stereocenters. The summed E-state index contributed by atoms with van der Waals surface area (Å²) in [5.41, 5.74) is -4.97. The summed E-state index contributed by atoms with van der Waals surface area (Å²) in [5.74, 6) is -1.11. The Morgan fingerprint density at radius 1 is 1.02 bits per heavy atom. The summed E-state index contributed by atoms with van der Waals surface area (Å²) < 4.78 is 87.1. The Kier molecular flexibility index (Phi) is 14.3. The van der Waals surface area contributed by atoms with E-state index < -0.39 is 46.6 Å². The number of amides is 2. The van der Waals surface area contributed by atoms with Crippen molar-refractivity contribution in [2.75, 3.05) is 13.2 Å². The number of carbonyl (C=O) groups is 2. The third kappa shape index (κ3) is 12.0. The molecule has 0 heterocycles. The average Bonchev–Trinajstić information content (AvgIpc) is 2.88. The molecule has 0 bridgehead atoms. The second-order valence-electron chi connectivity index (χ2n) is 10.6. The summed E-state index contributed by atoms with van der Waals surface area (Å²) in [6.45, 7) is 13.9. The zero-order valence-corrected chi connectivity index (χ0v) is 24.4. The van der Waals surface area contributed by atoms with Crippen LogP contribution < -0.4 is 16.0 Å². The van der Waals surface area contributed by atoms with Gasteiger partial charge in [-0.15, -0.1) is 0 Å². The molecule has 1 aromatic carbocycles. The van der Waals surface area contributed by atoms with E-state index in [1.54, 1.807) is 0 Å². The molecule has 0 spiro atoms. The van der Waals surface area contributed by atoms with Gasteiger partial charge in [-0.05, 0) is 64.2 Å². The quantitative estimate of drug-likeness (QED) is 0.142. The lowest BCUT2D eigenvalue weighted by molar-refractivity contribution is -0.143. The lowest BCUT2D eigenvalue weighted by atomic mass is 9.88. The number of rotatable bonds is 12. The SMILES string of the molecule is C=Cc1cc(C(F)(F)F)cc(C(F)(F)F)c1C(=O)NC1CCCCC1NC(CCNC=O)CCOC(C)(C)C.CC. The van der Waals surface area contributed by atoms with Gasteiger partial charge in [0, 0.05) is 31.3 Å². The van der Waals surface area contributed by atoms with Crippen LogP contribution in [-0.2, 0) is 21.9 Å². The number of benzene rings is 1. The number of nitrogens with one attached hydrogen (secondary N) is 3. The fraction of sp³-hybridized carbons (Fsp3) is 0.655. The van der Waals surface area contributed by atoms with Crippen LogP contribution in [0.1, 0.15) is 100 Å². The van der Waals surface area contributed by atoms with Crippen molar-refractivity contribution in [2.45, 2.75) is 109 Å². The predicted molar refractivity (Wildman–Crippen MR) is 147 cm³/mol. The standard InChI is InChI=1S/C27H37F6N3O3.C2H6/c1-5-17-14-18(26(28,29)30)15-20(27(31,32)33)23(17)24(38)36-22-9-7-6-8-21(22)35-19(10-12-34-16-37)11-13-39-25(2,3)4;1-2/h5,14-16,19,21-22,35H,1,6-13H2,2-4H3,(H,34,37)(H,36,38);1-2H3. The van der Waals surface area contributed by atoms with Crippen LogP contribution in [0.15, 0.2) is 18.7 Å². The van der Waals surface area contributed by atoms with Crippen LogP contribution in [0.5, 0.6) is 0 Å². The van der Waals surface area contributed by atoms with Crippen molar-refractivity contribution in [2.24, 2.45) is 0 Å². The van der Waals surface area contributed by atoms with Gasteiger partial charge in [0.1, 0.15) is 0 Å². The Morgan fingerprint density at radius 2 is 1.63 bits per heavy atom. The number of carbonyl (C=O) groups excluding carboxylic acids is 2. The van der Waals surface area contributed by atoms with Gasteiger partial charge in [-0.3, -0.25) is 9.59 Å². The Morgan fingerprint density at radius 3 is 2.15 bits per heavy atom. The zero-order valence-electron chi connectivity index (χ0n) is 24.4. The summed E-state index contributed by atoms with van der Waals surface area (Å²) in [7, 11) is 0. The first kappa shape index (κ1) is 36.4. The molecule has 1 saturated carbocycles. The fourth-order valence-corrected chi connectivity index (χ4v) is 4.65. The lowest BCUT2D eigenvalue weighted by Gasteiger charge is -2.36. The van der Waals surface area contributed by atoms with Crippen molar-refractivity contribution in [1.29, 1.82) is 0 Å². The molecule has 6 nitrogen and oxygen atoms in total. The molecule has 12 heteroatoms. The summed E-state index contributed by atoms with van der Waals surface area (Å²) in [4.78, 5) is 23.9. The Bertz CT molecular complexity index is 990. The normalized spacial score (nSPS) is 18.5. The van der Waals surface area contributed by atoms with Crippen LogP contribution in [0, 0.1) is 0 Å². The molecule has 0 aliphatic heterocycles. The van der Waals surface area contributed by atoms with E-state index in [4.69, 9.17) is 4.74 Å². The minimum Gasteiger partial charge on any atom is -0.376 e. The van der Waals surface area contributed by atoms with Crippen LogP contribution in [0.4, 0.5) is 26.3 Å². The van der Waals surface area contributed by atoms with Crippen LogP contribution >= 0.6 is 0 Å². The number of halogens is 6. The minimum absolute atomic E-state index is 0.0379. The molecule has 0 radical (unpaired) electrons. The van der Waals surface area contributed by atoms with E-state index in [9.17, 15) is 35.9 Å². The first-order valence-electron chi connectivity index (χ1n) is 13.9. The molecular weight excluding hydrogens is 552 g/mol. The van der Waals surface area contributed by atoms with Gasteiger partial charge in [0.15, 0.2) is 0 Å². The Labute approximate surface area is 238 Å². The molecule has 1 aliphatic carbocycles. The van der Waals surface area contributed by atoms with Crippen LogP contribution in [0.2, 0.25) is 0 Å². The lowest BCUT2D eigenvalue weighted by Crippen LogP contribution is -2.55. The van der Waals surface area contributed by atoms with Crippen molar-refractivity contribution in [3.63, 3.8) is 0 Å². The molecular formula is C29H43F6N3O3. The number of hydrogen-bond acceptors (Lipinski definition) is 4. The molecule has 41 heavy (non-hydrogen) atoms. The molecule has 3 unspecified atom stereocenters. The molecule has 1 aliphatic rings. The summed E-state index contributed by atoms with van der Waals surface area (Å²) >= 11 is 0. The van der Waals surface area contributed by atoms with E-state index in [0.29, 0.717) is 51.3 Å². The summed E-state index contributed by atoms with van der Waals surface area (Å²) in [6, 6.07) is -0.516. The van der Waals surface area contributed by atoms with E-state index in [2.05, 4.69) is 22.5 Å². The third-order valence-corrected chi connectivity index (χ3v) is 6.50. The number of ether oxygens (including phenoxy) is 1. The van der Waals surface area contributed by atoms with Crippen molar-refractivity contribution >= 4 is 18.4 Å². The highest BCUT2D eigenvalue weighted by Crippen LogP contribution is 2.39. The number of hydrogen-bond donors (Lipinski definition) is 3. The van der Waals surface area contributed by atoms with E-state index in [1.807, 2.05) is 34.6 Å². The van der Waals surface area contributed by atoms with E-state index in [-0.39, 0.29) is 23.8 Å². The number of alkyl halides is 6. The zero-order chi connectivity index (χ0) is 31.4. The molecule has 2 rings (SSSR count). The summed E-state index contributed by atoms with van der Waals surface area (Å²) in [5, 5.41) is 8.73. The highest BCUT2D eigenvalue weighted by atomic mass is 19.4. The van der Waals surface area contributed by atoms with Gasteiger partial charge in [0.2, 0.25) is 6.41 Å². The van der Waals surface area contributed by atoms with Gasteiger partial charge in [-0.1, -0.05) is 39.3 Å². The van der Waals surface area contributed by atoms with Crippen molar-refractivity contribution in [3.05, 3.63) is 41.0 Å². The first-order valence-corrected chi connectivity index (χ1v) is 13.9. The van der Waals surface area contributed by atoms with Gasteiger partial charge in [0.25, 0.3) is 5.91 Å². The Balaban J connectivity index is 0.00000411. The van der Waals surface area contributed by atoms with Crippen molar-refractivity contribution in [3.8, 4) is 0 Å². The molecule has 1 aromatic rings. The minimum atomic E-state index is -5.19. The second kappa shape index (κ2) is 16.1. The summed E-state index contributed by atoms with van der Waals surface area (Å²) in [6.07, 6.45) is -5.01. The molecule has 0 aromatic heterocycles. The van der Waals surface area contributed by atoms with Crippen LogP contribution in [-0.4, -0.2) is 49.2 Å². The average molecular weight is 596 g/mol. The third-order valence-electron chi connectivity index (χ3n) is 6.50. The topological polar surface area (TPSA) is 79.5 Å². The van der Waals surface area contributed by atoms with Gasteiger partial charge >= 0.3 is 12.4 Å².